The molecule has 0 N–H and O–H groups in total. The van der Waals surface area contributed by atoms with Crippen molar-refractivity contribution < 1.29 is 22.1 Å². The number of likely N-dealkylation sites (tertiary alicyclic amines) is 1. The molecule has 230 valence electrons. The number of piperidine rings is 1. The first kappa shape index (κ1) is 29.8. The van der Waals surface area contributed by atoms with E-state index in [0.29, 0.717) is 24.9 Å². The van der Waals surface area contributed by atoms with Gasteiger partial charge in [0.05, 0.1) is 28.9 Å². The van der Waals surface area contributed by atoms with Gasteiger partial charge in [-0.25, -0.2) is 4.79 Å². The maximum atomic E-state index is 12.6. The molecule has 0 bridgehead atoms. The number of nitrogens with zero attached hydrogens (tertiary/aromatic N) is 4. The summed E-state index contributed by atoms with van der Waals surface area (Å²) in [7, 11) is -3.76. The van der Waals surface area contributed by atoms with Crippen molar-refractivity contribution in [3.63, 3.8) is 0 Å². The van der Waals surface area contributed by atoms with Crippen molar-refractivity contribution in [2.75, 3.05) is 19.7 Å². The van der Waals surface area contributed by atoms with Gasteiger partial charge >= 0.3 is 6.09 Å². The highest BCUT2D eigenvalue weighted by Gasteiger charge is 2.37. The second kappa shape index (κ2) is 11.7. The Balaban J connectivity index is 1.12. The average molecular weight is 607 g/mol. The molecule has 10 heteroatoms. The Morgan fingerprint density at radius 2 is 1.70 bits per heavy atom. The highest BCUT2D eigenvalue weighted by molar-refractivity contribution is 7.86. The number of hydrogen-bond acceptors (Lipinski definition) is 7. The van der Waals surface area contributed by atoms with Crippen LogP contribution in [0.5, 0.6) is 0 Å². The first-order chi connectivity index (χ1) is 20.5. The number of carbonyl (C=O) groups is 1. The Kier molecular flexibility index (Phi) is 8.10. The lowest BCUT2D eigenvalue weighted by Gasteiger charge is -2.35. The van der Waals surface area contributed by atoms with Crippen LogP contribution < -0.4 is 0 Å². The number of benzene rings is 1. The maximum absolute atomic E-state index is 12.6. The van der Waals surface area contributed by atoms with Crippen LogP contribution in [-0.4, -0.2) is 59.5 Å². The van der Waals surface area contributed by atoms with Crippen LogP contribution in [0.25, 0.3) is 11.3 Å². The van der Waals surface area contributed by atoms with Gasteiger partial charge < -0.3 is 9.64 Å². The molecule has 2 aromatic heterocycles. The summed E-state index contributed by atoms with van der Waals surface area (Å²) < 4.78 is 38.3. The Labute approximate surface area is 254 Å². The van der Waals surface area contributed by atoms with E-state index in [1.807, 2.05) is 44.9 Å². The highest BCUT2D eigenvalue weighted by atomic mass is 32.2. The zero-order chi connectivity index (χ0) is 30.4. The Morgan fingerprint density at radius 1 is 1.00 bits per heavy atom. The Morgan fingerprint density at radius 3 is 2.35 bits per heavy atom. The van der Waals surface area contributed by atoms with Crippen molar-refractivity contribution in [3.8, 4) is 11.3 Å². The third-order valence-electron chi connectivity index (χ3n) is 8.76. The molecule has 2 saturated carbocycles. The van der Waals surface area contributed by atoms with Crippen LogP contribution in [0.2, 0.25) is 0 Å². The van der Waals surface area contributed by atoms with Gasteiger partial charge in [0.1, 0.15) is 5.60 Å². The molecule has 1 aromatic carbocycles. The third kappa shape index (κ3) is 6.80. The third-order valence-corrected chi connectivity index (χ3v) is 10.1. The molecule has 1 saturated heterocycles. The molecule has 43 heavy (non-hydrogen) atoms. The molecule has 0 unspecified atom stereocenters. The summed E-state index contributed by atoms with van der Waals surface area (Å²) in [6.45, 7) is 9.11. The van der Waals surface area contributed by atoms with Crippen molar-refractivity contribution in [2.24, 2.45) is 5.92 Å². The number of aromatic nitrogens is 3. The fraction of sp³-hybridized carbons (Fsp3) is 0.545. The van der Waals surface area contributed by atoms with Crippen LogP contribution in [0.4, 0.5) is 4.79 Å². The van der Waals surface area contributed by atoms with E-state index >= 15 is 0 Å². The van der Waals surface area contributed by atoms with Crippen LogP contribution in [0.15, 0.2) is 53.7 Å². The molecular weight excluding hydrogens is 564 g/mol. The first-order valence-electron chi connectivity index (χ1n) is 15.5. The maximum Gasteiger partial charge on any atom is 0.410 e. The number of hydrogen-bond donors (Lipinski definition) is 0. The fourth-order valence-electron chi connectivity index (χ4n) is 6.12. The molecule has 3 heterocycles. The summed E-state index contributed by atoms with van der Waals surface area (Å²) in [6, 6.07) is 11.1. The number of pyridine rings is 1. The smallest absolute Gasteiger partial charge is 0.410 e. The number of amides is 1. The van der Waals surface area contributed by atoms with E-state index in [-0.39, 0.29) is 29.6 Å². The lowest BCUT2D eigenvalue weighted by atomic mass is 9.81. The zero-order valence-corrected chi connectivity index (χ0v) is 26.3. The summed E-state index contributed by atoms with van der Waals surface area (Å²) in [4.78, 5) is 19.5. The van der Waals surface area contributed by atoms with Crippen LogP contribution in [0, 0.1) is 12.8 Å². The van der Waals surface area contributed by atoms with Gasteiger partial charge in [-0.2, -0.15) is 13.5 Å². The molecule has 1 amide bonds. The molecule has 9 nitrogen and oxygen atoms in total. The lowest BCUT2D eigenvalue weighted by Crippen LogP contribution is -2.41. The number of carbonyl (C=O) groups excluding carboxylic acids is 1. The van der Waals surface area contributed by atoms with E-state index in [9.17, 15) is 13.2 Å². The summed E-state index contributed by atoms with van der Waals surface area (Å²) in [5.74, 6) is 0.931. The van der Waals surface area contributed by atoms with Gasteiger partial charge in [-0.15, -0.1) is 0 Å². The van der Waals surface area contributed by atoms with E-state index in [0.717, 1.165) is 61.0 Å². The number of ether oxygens (including phenoxy) is 1. The van der Waals surface area contributed by atoms with Crippen LogP contribution in [0.1, 0.15) is 94.0 Å². The first-order valence-corrected chi connectivity index (χ1v) is 16.9. The Hall–Kier alpha value is -3.24. The van der Waals surface area contributed by atoms with Gasteiger partial charge in [-0.3, -0.25) is 13.8 Å². The number of aryl methyl sites for hydroxylation is 1. The Bertz CT molecular complexity index is 1560. The molecule has 3 aliphatic rings. The minimum atomic E-state index is -3.76. The van der Waals surface area contributed by atoms with Gasteiger partial charge in [-0.1, -0.05) is 23.8 Å². The molecule has 0 spiro atoms. The molecule has 0 atom stereocenters. The predicted octanol–water partition coefficient (Wildman–Crippen LogP) is 6.60. The normalized spacial score (nSPS) is 21.4. The largest absolute Gasteiger partial charge is 0.444 e. The van der Waals surface area contributed by atoms with Crippen LogP contribution in [0.3, 0.4) is 0 Å². The standard InChI is InChI=1S/C33H42N4O5S/c1-22-7-11-27(12-8-22)43(39,40)41-21-23-18-26(19-23)37-20-29(30(35-37)25-9-10-25)31-28(6-5-15-34-31)24-13-16-36(17-14-24)32(38)42-33(2,3)4/h5-8,11-12,15,20,23-26H,9-10,13-14,16-19,21H2,1-4H3. The molecule has 2 aliphatic carbocycles. The minimum Gasteiger partial charge on any atom is -0.444 e. The van der Waals surface area contributed by atoms with Crippen molar-refractivity contribution in [1.29, 1.82) is 0 Å². The molecule has 3 fully saturated rings. The topological polar surface area (TPSA) is 104 Å². The predicted molar refractivity (Wildman–Crippen MR) is 163 cm³/mol. The summed E-state index contributed by atoms with van der Waals surface area (Å²) in [5.41, 5.74) is 4.94. The minimum absolute atomic E-state index is 0.169. The van der Waals surface area contributed by atoms with Crippen molar-refractivity contribution >= 4 is 16.2 Å². The van der Waals surface area contributed by atoms with E-state index in [2.05, 4.69) is 16.9 Å². The van der Waals surface area contributed by atoms with E-state index < -0.39 is 15.7 Å². The molecule has 3 aromatic rings. The summed E-state index contributed by atoms with van der Waals surface area (Å²) in [5, 5.41) is 5.07. The second-order valence-electron chi connectivity index (χ2n) is 13.4. The van der Waals surface area contributed by atoms with Gasteiger partial charge in [0.2, 0.25) is 0 Å². The van der Waals surface area contributed by atoms with Crippen molar-refractivity contribution in [2.45, 2.75) is 94.6 Å². The number of rotatable bonds is 8. The van der Waals surface area contributed by atoms with Gasteiger partial charge in [0.15, 0.2) is 0 Å². The summed E-state index contributed by atoms with van der Waals surface area (Å²) in [6.07, 6.45) is 9.41. The molecular formula is C33H42N4O5S. The molecule has 0 radical (unpaired) electrons. The van der Waals surface area contributed by atoms with Gasteiger partial charge in [0, 0.05) is 37.0 Å². The van der Waals surface area contributed by atoms with Crippen molar-refractivity contribution in [1.82, 2.24) is 19.7 Å². The van der Waals surface area contributed by atoms with E-state index in [4.69, 9.17) is 19.0 Å². The quantitative estimate of drug-likeness (QED) is 0.266. The lowest BCUT2D eigenvalue weighted by molar-refractivity contribution is 0.0205. The van der Waals surface area contributed by atoms with Gasteiger partial charge in [-0.05, 0) is 102 Å². The van der Waals surface area contributed by atoms with Crippen molar-refractivity contribution in [3.05, 3.63) is 65.6 Å². The highest BCUT2D eigenvalue weighted by Crippen LogP contribution is 2.47. The second-order valence-corrected chi connectivity index (χ2v) is 15.0. The zero-order valence-electron chi connectivity index (χ0n) is 25.5. The van der Waals surface area contributed by atoms with Gasteiger partial charge in [0.25, 0.3) is 10.1 Å². The summed E-state index contributed by atoms with van der Waals surface area (Å²) >= 11 is 0. The average Bonchev–Trinajstić information content (AvgIpc) is 3.70. The monoisotopic (exact) mass is 606 g/mol. The molecule has 6 rings (SSSR count). The molecule has 1 aliphatic heterocycles. The van der Waals surface area contributed by atoms with E-state index in [1.54, 1.807) is 24.3 Å². The SMILES string of the molecule is Cc1ccc(S(=O)(=O)OCC2CC(n3cc(-c4ncccc4C4CCN(C(=O)OC(C)(C)C)CC4)c(C4CC4)n3)C2)cc1. The van der Waals surface area contributed by atoms with E-state index in [1.165, 1.54) is 5.56 Å². The van der Waals surface area contributed by atoms with Crippen LogP contribution >= 0.6 is 0 Å². The fourth-order valence-corrected chi connectivity index (χ4v) is 7.09. The van der Waals surface area contributed by atoms with Crippen LogP contribution in [-0.2, 0) is 19.0 Å².